The average molecular weight is 635 g/mol. The number of carbonyl (C=O) groups is 4. The Hall–Kier alpha value is -3.73. The SMILES string of the molecule is CNC(=O)[C@@H](NC(=O)[C@@H]1CN(C(=O)c2cnn(Cc3ccccc3)c2)CC12CN(C(=O)C(C)(C)C)C2)[C@@H](C)OCC1CCCCC1. The minimum atomic E-state index is -0.883. The maximum Gasteiger partial charge on any atom is 0.257 e. The fourth-order valence-electron chi connectivity index (χ4n) is 7.19. The van der Waals surface area contributed by atoms with Gasteiger partial charge in [-0.25, -0.2) is 0 Å². The Labute approximate surface area is 272 Å². The summed E-state index contributed by atoms with van der Waals surface area (Å²) in [5.41, 5.74) is 0.347. The number of rotatable bonds is 10. The molecule has 3 aliphatic rings. The molecular formula is C35H50N6O5. The number of likely N-dealkylation sites (tertiary alicyclic amines) is 2. The number of amides is 4. The predicted octanol–water partition coefficient (Wildman–Crippen LogP) is 3.09. The van der Waals surface area contributed by atoms with Crippen LogP contribution in [0.1, 0.15) is 75.7 Å². The van der Waals surface area contributed by atoms with Crippen molar-refractivity contribution in [1.82, 2.24) is 30.2 Å². The Morgan fingerprint density at radius 3 is 2.35 bits per heavy atom. The quantitative estimate of drug-likeness (QED) is 0.414. The highest BCUT2D eigenvalue weighted by Crippen LogP contribution is 2.46. The van der Waals surface area contributed by atoms with Crippen LogP contribution in [0.4, 0.5) is 0 Å². The molecule has 3 heterocycles. The lowest BCUT2D eigenvalue weighted by Gasteiger charge is -2.52. The van der Waals surface area contributed by atoms with Gasteiger partial charge in [-0.15, -0.1) is 0 Å². The first-order valence-corrected chi connectivity index (χ1v) is 16.7. The molecule has 1 aromatic heterocycles. The highest BCUT2D eigenvalue weighted by molar-refractivity contribution is 5.95. The number of nitrogens with one attached hydrogen (secondary N) is 2. The number of carbonyl (C=O) groups excluding carboxylic acids is 4. The summed E-state index contributed by atoms with van der Waals surface area (Å²) in [6, 6.07) is 9.01. The fraction of sp³-hybridized carbons (Fsp3) is 0.629. The molecule has 0 bridgehead atoms. The van der Waals surface area contributed by atoms with Crippen molar-refractivity contribution in [2.75, 3.05) is 39.8 Å². The summed E-state index contributed by atoms with van der Waals surface area (Å²) >= 11 is 0. The summed E-state index contributed by atoms with van der Waals surface area (Å²) in [5, 5.41) is 10.1. The van der Waals surface area contributed by atoms with E-state index in [9.17, 15) is 19.2 Å². The van der Waals surface area contributed by atoms with Gasteiger partial charge in [-0.2, -0.15) is 5.10 Å². The van der Waals surface area contributed by atoms with Crippen LogP contribution < -0.4 is 10.6 Å². The van der Waals surface area contributed by atoms with E-state index in [-0.39, 0.29) is 30.2 Å². The smallest absolute Gasteiger partial charge is 0.257 e. The molecule has 2 N–H and O–H groups in total. The largest absolute Gasteiger partial charge is 0.376 e. The van der Waals surface area contributed by atoms with Crippen LogP contribution >= 0.6 is 0 Å². The summed E-state index contributed by atoms with van der Waals surface area (Å²) in [5.74, 6) is -0.960. The summed E-state index contributed by atoms with van der Waals surface area (Å²) in [6.07, 6.45) is 8.64. The third-order valence-electron chi connectivity index (χ3n) is 9.88. The zero-order valence-electron chi connectivity index (χ0n) is 28.0. The Morgan fingerprint density at radius 2 is 1.70 bits per heavy atom. The molecule has 3 atom stereocenters. The van der Waals surface area contributed by atoms with E-state index >= 15 is 0 Å². The van der Waals surface area contributed by atoms with Crippen molar-refractivity contribution in [3.05, 3.63) is 53.9 Å². The summed E-state index contributed by atoms with van der Waals surface area (Å²) in [4.78, 5) is 57.5. The second-order valence-corrected chi connectivity index (χ2v) is 14.6. The third-order valence-corrected chi connectivity index (χ3v) is 9.88. The fourth-order valence-corrected chi connectivity index (χ4v) is 7.19. The molecule has 4 amide bonds. The van der Waals surface area contributed by atoms with E-state index in [0.717, 1.165) is 18.4 Å². The van der Waals surface area contributed by atoms with Crippen LogP contribution in [0.5, 0.6) is 0 Å². The van der Waals surface area contributed by atoms with Crippen LogP contribution in [-0.2, 0) is 25.7 Å². The molecule has 1 aromatic carbocycles. The molecule has 1 spiro atoms. The first-order chi connectivity index (χ1) is 21.9. The van der Waals surface area contributed by atoms with E-state index in [1.807, 2.05) is 58.0 Å². The Kier molecular flexibility index (Phi) is 10.2. The van der Waals surface area contributed by atoms with Gasteiger partial charge < -0.3 is 25.2 Å². The van der Waals surface area contributed by atoms with Crippen molar-refractivity contribution in [3.8, 4) is 0 Å². The number of nitrogens with zero attached hydrogens (tertiary/aromatic N) is 4. The molecule has 1 saturated carbocycles. The van der Waals surface area contributed by atoms with Gasteiger partial charge in [0.05, 0.1) is 30.3 Å². The van der Waals surface area contributed by atoms with Crippen LogP contribution in [-0.4, -0.2) is 95.2 Å². The van der Waals surface area contributed by atoms with Crippen LogP contribution in [0.15, 0.2) is 42.7 Å². The van der Waals surface area contributed by atoms with Gasteiger partial charge in [0.1, 0.15) is 6.04 Å². The van der Waals surface area contributed by atoms with E-state index in [0.29, 0.717) is 44.3 Å². The minimum Gasteiger partial charge on any atom is -0.376 e. The van der Waals surface area contributed by atoms with Crippen LogP contribution in [0, 0.1) is 22.7 Å². The van der Waals surface area contributed by atoms with Gasteiger partial charge in [-0.3, -0.25) is 23.9 Å². The number of hydrogen-bond donors (Lipinski definition) is 2. The van der Waals surface area contributed by atoms with E-state index in [2.05, 4.69) is 15.7 Å². The highest BCUT2D eigenvalue weighted by Gasteiger charge is 2.59. The number of aromatic nitrogens is 2. The van der Waals surface area contributed by atoms with Gasteiger partial charge >= 0.3 is 0 Å². The first kappa shape index (κ1) is 33.6. The van der Waals surface area contributed by atoms with Gasteiger partial charge in [0.25, 0.3) is 5.91 Å². The highest BCUT2D eigenvalue weighted by atomic mass is 16.5. The molecule has 11 nitrogen and oxygen atoms in total. The van der Waals surface area contributed by atoms with Gasteiger partial charge in [0.2, 0.25) is 17.7 Å². The first-order valence-electron chi connectivity index (χ1n) is 16.7. The zero-order valence-corrected chi connectivity index (χ0v) is 28.0. The van der Waals surface area contributed by atoms with Gasteiger partial charge in [-0.1, -0.05) is 70.4 Å². The molecule has 0 unspecified atom stereocenters. The molecule has 1 aliphatic carbocycles. The molecule has 11 heteroatoms. The normalized spacial score (nSPS) is 21.0. The van der Waals surface area contributed by atoms with Gasteiger partial charge in [0.15, 0.2) is 0 Å². The lowest BCUT2D eigenvalue weighted by atomic mass is 9.70. The molecule has 0 radical (unpaired) electrons. The molecule has 46 heavy (non-hydrogen) atoms. The molecule has 2 aliphatic heterocycles. The number of likely N-dealkylation sites (N-methyl/N-ethyl adjacent to an activating group) is 1. The van der Waals surface area contributed by atoms with Crippen LogP contribution in [0.3, 0.4) is 0 Å². The molecular weight excluding hydrogens is 584 g/mol. The van der Waals surface area contributed by atoms with Crippen molar-refractivity contribution < 1.29 is 23.9 Å². The predicted molar refractivity (Wildman–Crippen MR) is 174 cm³/mol. The van der Waals surface area contributed by atoms with Gasteiger partial charge in [-0.05, 0) is 31.2 Å². The zero-order chi connectivity index (χ0) is 33.1. The van der Waals surface area contributed by atoms with Crippen molar-refractivity contribution in [1.29, 1.82) is 0 Å². The summed E-state index contributed by atoms with van der Waals surface area (Å²) < 4.78 is 7.90. The standard InChI is InChI=1S/C35H50N6O5/c1-24(46-20-26-14-10-7-11-15-26)29(31(43)36-5)38-30(42)28-19-39(21-35(28)22-40(23-35)33(45)34(2,3)4)32(44)27-16-37-41(18-27)17-25-12-8-6-9-13-25/h6,8-9,12-13,16,18,24,26,28-29H,7,10-11,14-15,17,19-23H2,1-5H3,(H,36,43)(H,38,42)/t24-,28+,29+/m1/s1. The third kappa shape index (κ3) is 7.45. The Bertz CT molecular complexity index is 1390. The Balaban J connectivity index is 1.31. The molecule has 3 fully saturated rings. The van der Waals surface area contributed by atoms with Crippen molar-refractivity contribution in [3.63, 3.8) is 0 Å². The second-order valence-electron chi connectivity index (χ2n) is 14.6. The Morgan fingerprint density at radius 1 is 1.02 bits per heavy atom. The molecule has 250 valence electrons. The average Bonchev–Trinajstić information content (AvgIpc) is 3.67. The lowest BCUT2D eigenvalue weighted by molar-refractivity contribution is -0.157. The lowest BCUT2D eigenvalue weighted by Crippen LogP contribution is -2.66. The topological polar surface area (TPSA) is 126 Å². The maximum atomic E-state index is 14.1. The number of hydrogen-bond acceptors (Lipinski definition) is 6. The summed E-state index contributed by atoms with van der Waals surface area (Å²) in [7, 11) is 1.55. The van der Waals surface area contributed by atoms with Crippen LogP contribution in [0.25, 0.3) is 0 Å². The number of benzene rings is 1. The van der Waals surface area contributed by atoms with E-state index < -0.39 is 28.9 Å². The van der Waals surface area contributed by atoms with E-state index in [4.69, 9.17) is 4.74 Å². The van der Waals surface area contributed by atoms with Crippen molar-refractivity contribution in [2.45, 2.75) is 78.5 Å². The van der Waals surface area contributed by atoms with E-state index in [1.54, 1.807) is 33.9 Å². The second kappa shape index (κ2) is 13.9. The van der Waals surface area contributed by atoms with E-state index in [1.165, 1.54) is 19.3 Å². The molecule has 2 saturated heterocycles. The number of ether oxygens (including phenoxy) is 1. The van der Waals surface area contributed by atoms with Crippen LogP contribution in [0.2, 0.25) is 0 Å². The van der Waals surface area contributed by atoms with Gasteiger partial charge in [0, 0.05) is 56.9 Å². The van der Waals surface area contributed by atoms with Crippen molar-refractivity contribution in [2.24, 2.45) is 22.7 Å². The van der Waals surface area contributed by atoms with Crippen molar-refractivity contribution >= 4 is 23.6 Å². The summed E-state index contributed by atoms with van der Waals surface area (Å²) in [6.45, 7) is 9.82. The minimum absolute atomic E-state index is 0.0113. The monoisotopic (exact) mass is 634 g/mol. The molecule has 5 rings (SSSR count). The molecule has 2 aromatic rings. The maximum absolute atomic E-state index is 14.1.